The SMILES string of the molecule is C=CCOc1ncnc(N)c1CC. The van der Waals surface area contributed by atoms with Crippen LogP contribution in [0.4, 0.5) is 5.82 Å². The molecular weight excluding hydrogens is 166 g/mol. The summed E-state index contributed by atoms with van der Waals surface area (Å²) >= 11 is 0. The van der Waals surface area contributed by atoms with Gasteiger partial charge in [-0.15, -0.1) is 0 Å². The van der Waals surface area contributed by atoms with Crippen molar-refractivity contribution in [3.63, 3.8) is 0 Å². The van der Waals surface area contributed by atoms with Gasteiger partial charge in [-0.3, -0.25) is 0 Å². The van der Waals surface area contributed by atoms with Gasteiger partial charge in [0.15, 0.2) is 0 Å². The Bertz CT molecular complexity index is 299. The molecule has 0 bridgehead atoms. The molecule has 0 saturated heterocycles. The van der Waals surface area contributed by atoms with Crippen molar-refractivity contribution in [3.8, 4) is 5.88 Å². The van der Waals surface area contributed by atoms with Crippen LogP contribution in [-0.2, 0) is 6.42 Å². The Balaban J connectivity index is 2.91. The zero-order valence-electron chi connectivity index (χ0n) is 7.66. The van der Waals surface area contributed by atoms with E-state index in [0.717, 1.165) is 12.0 Å². The third kappa shape index (κ3) is 2.18. The van der Waals surface area contributed by atoms with Crippen LogP contribution in [0.1, 0.15) is 12.5 Å². The van der Waals surface area contributed by atoms with Crippen molar-refractivity contribution in [1.29, 1.82) is 0 Å². The van der Waals surface area contributed by atoms with Gasteiger partial charge in [0.05, 0.1) is 5.56 Å². The van der Waals surface area contributed by atoms with Crippen molar-refractivity contribution in [1.82, 2.24) is 9.97 Å². The van der Waals surface area contributed by atoms with Crippen LogP contribution in [0.2, 0.25) is 0 Å². The molecular formula is C9H13N3O. The van der Waals surface area contributed by atoms with Gasteiger partial charge in [0.2, 0.25) is 5.88 Å². The Hall–Kier alpha value is -1.58. The van der Waals surface area contributed by atoms with Gasteiger partial charge < -0.3 is 10.5 Å². The van der Waals surface area contributed by atoms with Crippen LogP contribution in [0.5, 0.6) is 5.88 Å². The maximum atomic E-state index is 5.65. The van der Waals surface area contributed by atoms with Crippen molar-refractivity contribution < 1.29 is 4.74 Å². The minimum atomic E-state index is 0.434. The van der Waals surface area contributed by atoms with Crippen LogP contribution in [0.25, 0.3) is 0 Å². The van der Waals surface area contributed by atoms with E-state index in [-0.39, 0.29) is 0 Å². The van der Waals surface area contributed by atoms with Crippen LogP contribution >= 0.6 is 0 Å². The van der Waals surface area contributed by atoms with Crippen molar-refractivity contribution in [2.45, 2.75) is 13.3 Å². The van der Waals surface area contributed by atoms with Crippen molar-refractivity contribution >= 4 is 5.82 Å². The van der Waals surface area contributed by atoms with Gasteiger partial charge in [-0.1, -0.05) is 19.6 Å². The summed E-state index contributed by atoms with van der Waals surface area (Å²) in [7, 11) is 0. The monoisotopic (exact) mass is 179 g/mol. The molecule has 0 amide bonds. The first-order valence-corrected chi connectivity index (χ1v) is 4.12. The molecule has 0 aliphatic heterocycles. The minimum Gasteiger partial charge on any atom is -0.473 e. The van der Waals surface area contributed by atoms with E-state index in [1.165, 1.54) is 6.33 Å². The molecule has 0 unspecified atom stereocenters. The quantitative estimate of drug-likeness (QED) is 0.705. The highest BCUT2D eigenvalue weighted by Crippen LogP contribution is 2.19. The summed E-state index contributed by atoms with van der Waals surface area (Å²) in [5.41, 5.74) is 6.50. The van der Waals surface area contributed by atoms with Crippen molar-refractivity contribution in [2.75, 3.05) is 12.3 Å². The largest absolute Gasteiger partial charge is 0.473 e. The maximum absolute atomic E-state index is 5.65. The summed E-state index contributed by atoms with van der Waals surface area (Å²) in [6.07, 6.45) is 3.82. The summed E-state index contributed by atoms with van der Waals surface area (Å²) in [6, 6.07) is 0. The van der Waals surface area contributed by atoms with E-state index in [1.807, 2.05) is 6.92 Å². The second kappa shape index (κ2) is 4.45. The average molecular weight is 179 g/mol. The number of hydrogen-bond donors (Lipinski definition) is 1. The average Bonchev–Trinajstić information content (AvgIpc) is 2.15. The molecule has 0 radical (unpaired) electrons. The normalized spacial score (nSPS) is 9.62. The minimum absolute atomic E-state index is 0.434. The summed E-state index contributed by atoms with van der Waals surface area (Å²) in [5, 5.41) is 0. The fourth-order valence-electron chi connectivity index (χ4n) is 1.00. The summed E-state index contributed by atoms with van der Waals surface area (Å²) in [6.45, 7) is 5.97. The van der Waals surface area contributed by atoms with Crippen LogP contribution in [0.15, 0.2) is 19.0 Å². The van der Waals surface area contributed by atoms with Crippen LogP contribution in [-0.4, -0.2) is 16.6 Å². The van der Waals surface area contributed by atoms with E-state index in [4.69, 9.17) is 10.5 Å². The van der Waals surface area contributed by atoms with Crippen LogP contribution in [0.3, 0.4) is 0 Å². The third-order valence-electron chi connectivity index (χ3n) is 1.63. The molecule has 4 nitrogen and oxygen atoms in total. The predicted octanol–water partition coefficient (Wildman–Crippen LogP) is 1.19. The molecule has 0 aliphatic rings. The first-order chi connectivity index (χ1) is 6.29. The van der Waals surface area contributed by atoms with Gasteiger partial charge in [0.1, 0.15) is 18.8 Å². The van der Waals surface area contributed by atoms with Gasteiger partial charge in [-0.05, 0) is 6.42 Å². The molecule has 0 saturated carbocycles. The maximum Gasteiger partial charge on any atom is 0.222 e. The molecule has 0 spiro atoms. The topological polar surface area (TPSA) is 61.0 Å². The lowest BCUT2D eigenvalue weighted by Gasteiger charge is -2.07. The van der Waals surface area contributed by atoms with E-state index in [1.54, 1.807) is 6.08 Å². The number of hydrogen-bond acceptors (Lipinski definition) is 4. The fourth-order valence-corrected chi connectivity index (χ4v) is 1.00. The number of anilines is 1. The van der Waals surface area contributed by atoms with E-state index in [2.05, 4.69) is 16.5 Å². The second-order valence-corrected chi connectivity index (χ2v) is 2.50. The zero-order chi connectivity index (χ0) is 9.68. The molecule has 0 aliphatic carbocycles. The predicted molar refractivity (Wildman–Crippen MR) is 51.5 cm³/mol. The lowest BCUT2D eigenvalue weighted by Crippen LogP contribution is -2.04. The van der Waals surface area contributed by atoms with Crippen molar-refractivity contribution in [3.05, 3.63) is 24.5 Å². The number of nitrogens with zero attached hydrogens (tertiary/aromatic N) is 2. The molecule has 2 N–H and O–H groups in total. The number of aromatic nitrogens is 2. The molecule has 70 valence electrons. The molecule has 1 aromatic heterocycles. The summed E-state index contributed by atoms with van der Waals surface area (Å²) in [5.74, 6) is 1.03. The molecule has 1 rings (SSSR count). The van der Waals surface area contributed by atoms with E-state index in [9.17, 15) is 0 Å². The Labute approximate surface area is 77.5 Å². The van der Waals surface area contributed by atoms with Crippen LogP contribution < -0.4 is 10.5 Å². The van der Waals surface area contributed by atoms with Crippen LogP contribution in [0, 0.1) is 0 Å². The smallest absolute Gasteiger partial charge is 0.222 e. The Kier molecular flexibility index (Phi) is 3.25. The Morgan fingerprint density at radius 3 is 3.00 bits per heavy atom. The molecule has 4 heteroatoms. The zero-order valence-corrected chi connectivity index (χ0v) is 7.66. The summed E-state index contributed by atoms with van der Waals surface area (Å²) < 4.78 is 5.31. The number of ether oxygens (including phenoxy) is 1. The van der Waals surface area contributed by atoms with E-state index in [0.29, 0.717) is 18.3 Å². The molecule has 1 heterocycles. The first kappa shape index (κ1) is 9.51. The van der Waals surface area contributed by atoms with Crippen molar-refractivity contribution in [2.24, 2.45) is 0 Å². The van der Waals surface area contributed by atoms with Gasteiger partial charge in [0, 0.05) is 0 Å². The highest BCUT2D eigenvalue weighted by Gasteiger charge is 2.06. The van der Waals surface area contributed by atoms with Gasteiger partial charge in [-0.25, -0.2) is 9.97 Å². The Morgan fingerprint density at radius 1 is 1.62 bits per heavy atom. The van der Waals surface area contributed by atoms with Gasteiger partial charge in [-0.2, -0.15) is 0 Å². The lowest BCUT2D eigenvalue weighted by atomic mass is 10.2. The first-order valence-electron chi connectivity index (χ1n) is 4.12. The number of nitrogen functional groups attached to an aromatic ring is 1. The third-order valence-corrected chi connectivity index (χ3v) is 1.63. The lowest BCUT2D eigenvalue weighted by molar-refractivity contribution is 0.344. The highest BCUT2D eigenvalue weighted by molar-refractivity contribution is 5.44. The molecule has 0 aromatic carbocycles. The second-order valence-electron chi connectivity index (χ2n) is 2.50. The van der Waals surface area contributed by atoms with E-state index < -0.39 is 0 Å². The number of nitrogens with two attached hydrogens (primary N) is 1. The Morgan fingerprint density at radius 2 is 2.38 bits per heavy atom. The number of rotatable bonds is 4. The standard InChI is InChI=1S/C9H13N3O/c1-3-5-13-9-7(4-2)8(10)11-6-12-9/h3,6H,1,4-5H2,2H3,(H2,10,11,12). The molecule has 13 heavy (non-hydrogen) atoms. The van der Waals surface area contributed by atoms with Gasteiger partial charge >= 0.3 is 0 Å². The summed E-state index contributed by atoms with van der Waals surface area (Å²) in [4.78, 5) is 7.87. The molecule has 0 atom stereocenters. The fraction of sp³-hybridized carbons (Fsp3) is 0.333. The van der Waals surface area contributed by atoms with Gasteiger partial charge in [0.25, 0.3) is 0 Å². The highest BCUT2D eigenvalue weighted by atomic mass is 16.5. The van der Waals surface area contributed by atoms with E-state index >= 15 is 0 Å². The molecule has 1 aromatic rings. The molecule has 0 fully saturated rings.